The molecule has 0 aliphatic carbocycles. The lowest BCUT2D eigenvalue weighted by Crippen LogP contribution is -2.23. The zero-order valence-corrected chi connectivity index (χ0v) is 13.1. The van der Waals surface area contributed by atoms with Crippen molar-refractivity contribution >= 4 is 5.78 Å². The summed E-state index contributed by atoms with van der Waals surface area (Å²) in [5.41, 5.74) is 0.723. The molecule has 2 unspecified atom stereocenters. The van der Waals surface area contributed by atoms with E-state index < -0.39 is 0 Å². The number of Topliss-reactive ketones (excluding diaryl/α,β-unsaturated/α-hetero) is 1. The summed E-state index contributed by atoms with van der Waals surface area (Å²) in [6.45, 7) is 4.62. The van der Waals surface area contributed by atoms with Crippen LogP contribution in [0.25, 0.3) is 0 Å². The molecule has 1 aromatic rings. The predicted molar refractivity (Wildman–Crippen MR) is 84.0 cm³/mol. The fraction of sp³-hybridized carbons (Fsp3) is 0.611. The maximum absolute atomic E-state index is 11.3. The summed E-state index contributed by atoms with van der Waals surface area (Å²) in [7, 11) is 0. The van der Waals surface area contributed by atoms with Crippen LogP contribution in [0, 0.1) is 0 Å². The normalized spacial score (nSPS) is 18.3. The third-order valence-corrected chi connectivity index (χ3v) is 3.91. The van der Waals surface area contributed by atoms with Gasteiger partial charge in [0.15, 0.2) is 5.78 Å². The van der Waals surface area contributed by atoms with Crippen LogP contribution in [0.3, 0.4) is 0 Å². The molecule has 0 spiro atoms. The van der Waals surface area contributed by atoms with Crippen molar-refractivity contribution in [2.75, 3.05) is 6.61 Å². The molecule has 2 atom stereocenters. The minimum absolute atomic E-state index is 0.0829. The van der Waals surface area contributed by atoms with Gasteiger partial charge in [-0.3, -0.25) is 4.79 Å². The highest BCUT2D eigenvalue weighted by Gasteiger charge is 2.34. The fourth-order valence-corrected chi connectivity index (χ4v) is 2.48. The van der Waals surface area contributed by atoms with Crippen LogP contribution in [0.5, 0.6) is 5.75 Å². The molecule has 1 aliphatic heterocycles. The molecule has 1 aliphatic rings. The molecule has 1 heterocycles. The first-order valence-corrected chi connectivity index (χ1v) is 8.10. The number of ketones is 1. The van der Waals surface area contributed by atoms with E-state index in [9.17, 15) is 4.79 Å². The zero-order chi connectivity index (χ0) is 15.1. The smallest absolute Gasteiger partial charge is 0.159 e. The largest absolute Gasteiger partial charge is 0.488 e. The Labute approximate surface area is 127 Å². The number of hydrogen-bond donors (Lipinski definition) is 0. The number of carbonyl (C=O) groups excluding carboxylic acids is 1. The quantitative estimate of drug-likeness (QED) is 0.364. The van der Waals surface area contributed by atoms with Gasteiger partial charge < -0.3 is 9.47 Å². The molecule has 116 valence electrons. The molecule has 0 saturated carbocycles. The van der Waals surface area contributed by atoms with Crippen LogP contribution in [-0.2, 0) is 4.74 Å². The Morgan fingerprint density at radius 3 is 2.48 bits per heavy atom. The number of hydrogen-bond acceptors (Lipinski definition) is 3. The second-order valence-electron chi connectivity index (χ2n) is 5.81. The van der Waals surface area contributed by atoms with Gasteiger partial charge in [0.2, 0.25) is 0 Å². The Morgan fingerprint density at radius 2 is 1.90 bits per heavy atom. The summed E-state index contributed by atoms with van der Waals surface area (Å²) >= 11 is 0. The van der Waals surface area contributed by atoms with E-state index in [4.69, 9.17) is 9.47 Å². The Hall–Kier alpha value is -1.35. The number of benzene rings is 1. The molecule has 1 aromatic carbocycles. The minimum Gasteiger partial charge on any atom is -0.488 e. The summed E-state index contributed by atoms with van der Waals surface area (Å²) in [5.74, 6) is 0.911. The third kappa shape index (κ3) is 5.50. The van der Waals surface area contributed by atoms with E-state index in [0.717, 1.165) is 24.3 Å². The van der Waals surface area contributed by atoms with E-state index in [1.165, 1.54) is 32.1 Å². The van der Waals surface area contributed by atoms with Crippen molar-refractivity contribution < 1.29 is 14.3 Å². The summed E-state index contributed by atoms with van der Waals surface area (Å²) in [6.07, 6.45) is 7.80. The van der Waals surface area contributed by atoms with E-state index >= 15 is 0 Å². The van der Waals surface area contributed by atoms with Crippen molar-refractivity contribution in [1.82, 2.24) is 0 Å². The highest BCUT2D eigenvalue weighted by molar-refractivity contribution is 5.94. The van der Waals surface area contributed by atoms with Gasteiger partial charge in [0, 0.05) is 5.56 Å². The predicted octanol–water partition coefficient (Wildman–Crippen LogP) is 4.40. The first kappa shape index (κ1) is 16.0. The monoisotopic (exact) mass is 290 g/mol. The van der Waals surface area contributed by atoms with Gasteiger partial charge in [-0.2, -0.15) is 0 Å². The van der Waals surface area contributed by atoms with Crippen molar-refractivity contribution in [2.24, 2.45) is 0 Å². The van der Waals surface area contributed by atoms with E-state index in [1.807, 2.05) is 24.3 Å². The van der Waals surface area contributed by atoms with E-state index in [-0.39, 0.29) is 18.0 Å². The van der Waals surface area contributed by atoms with Crippen molar-refractivity contribution in [2.45, 2.75) is 64.6 Å². The number of ether oxygens (including phenoxy) is 2. The number of rotatable bonds is 10. The number of carbonyl (C=O) groups is 1. The highest BCUT2D eigenvalue weighted by atomic mass is 16.6. The molecule has 3 heteroatoms. The van der Waals surface area contributed by atoms with Gasteiger partial charge >= 0.3 is 0 Å². The SMILES string of the molecule is CCCCCCCC(Oc1ccc(C(C)=O)cc1)C1CO1. The first-order valence-electron chi connectivity index (χ1n) is 8.10. The molecule has 0 N–H and O–H groups in total. The van der Waals surface area contributed by atoms with E-state index in [0.29, 0.717) is 0 Å². The standard InChI is InChI=1S/C18H26O3/c1-3-4-5-6-7-8-17(18-13-20-18)21-16-11-9-15(10-12-16)14(2)19/h9-12,17-18H,3-8,13H2,1-2H3. The fourth-order valence-electron chi connectivity index (χ4n) is 2.48. The lowest BCUT2D eigenvalue weighted by atomic mass is 10.1. The second-order valence-corrected chi connectivity index (χ2v) is 5.81. The van der Waals surface area contributed by atoms with E-state index in [2.05, 4.69) is 6.92 Å². The Balaban J connectivity index is 1.80. The Bertz CT molecular complexity index is 434. The molecule has 3 nitrogen and oxygen atoms in total. The van der Waals surface area contributed by atoms with Gasteiger partial charge in [-0.1, -0.05) is 32.6 Å². The zero-order valence-electron chi connectivity index (χ0n) is 13.1. The highest BCUT2D eigenvalue weighted by Crippen LogP contribution is 2.25. The summed E-state index contributed by atoms with van der Waals surface area (Å²) < 4.78 is 11.4. The maximum atomic E-state index is 11.3. The lowest BCUT2D eigenvalue weighted by Gasteiger charge is -2.17. The van der Waals surface area contributed by atoms with Crippen LogP contribution >= 0.6 is 0 Å². The Morgan fingerprint density at radius 1 is 1.24 bits per heavy atom. The summed E-state index contributed by atoms with van der Waals surface area (Å²) in [5, 5.41) is 0. The van der Waals surface area contributed by atoms with Crippen LogP contribution in [0.1, 0.15) is 62.7 Å². The van der Waals surface area contributed by atoms with Crippen molar-refractivity contribution in [3.05, 3.63) is 29.8 Å². The van der Waals surface area contributed by atoms with Gasteiger partial charge in [-0.15, -0.1) is 0 Å². The first-order chi connectivity index (χ1) is 10.2. The molecular weight excluding hydrogens is 264 g/mol. The van der Waals surface area contributed by atoms with Crippen LogP contribution in [0.2, 0.25) is 0 Å². The van der Waals surface area contributed by atoms with Crippen LogP contribution < -0.4 is 4.74 Å². The minimum atomic E-state index is 0.0829. The summed E-state index contributed by atoms with van der Waals surface area (Å²) in [6, 6.07) is 7.40. The average Bonchev–Trinajstić information content (AvgIpc) is 3.31. The molecule has 21 heavy (non-hydrogen) atoms. The van der Waals surface area contributed by atoms with Gasteiger partial charge in [-0.25, -0.2) is 0 Å². The molecule has 1 fully saturated rings. The molecular formula is C18H26O3. The maximum Gasteiger partial charge on any atom is 0.159 e. The van der Waals surface area contributed by atoms with Crippen molar-refractivity contribution in [1.29, 1.82) is 0 Å². The van der Waals surface area contributed by atoms with E-state index in [1.54, 1.807) is 6.92 Å². The molecule has 2 rings (SSSR count). The van der Waals surface area contributed by atoms with Gasteiger partial charge in [-0.05, 0) is 44.0 Å². The van der Waals surface area contributed by atoms with Gasteiger partial charge in [0.05, 0.1) is 6.61 Å². The number of unbranched alkanes of at least 4 members (excludes halogenated alkanes) is 4. The Kier molecular flexibility index (Phi) is 6.24. The molecule has 0 radical (unpaired) electrons. The van der Waals surface area contributed by atoms with Crippen LogP contribution in [0.15, 0.2) is 24.3 Å². The lowest BCUT2D eigenvalue weighted by molar-refractivity contribution is 0.101. The number of epoxide rings is 1. The summed E-state index contributed by atoms with van der Waals surface area (Å²) in [4.78, 5) is 11.3. The van der Waals surface area contributed by atoms with Gasteiger partial charge in [0.25, 0.3) is 0 Å². The molecule has 0 aromatic heterocycles. The molecule has 0 bridgehead atoms. The third-order valence-electron chi connectivity index (χ3n) is 3.91. The second kappa shape index (κ2) is 8.18. The molecule has 1 saturated heterocycles. The van der Waals surface area contributed by atoms with Crippen LogP contribution in [0.4, 0.5) is 0 Å². The van der Waals surface area contributed by atoms with Crippen LogP contribution in [-0.4, -0.2) is 24.6 Å². The van der Waals surface area contributed by atoms with Gasteiger partial charge in [0.1, 0.15) is 18.0 Å². The van der Waals surface area contributed by atoms with Crippen molar-refractivity contribution in [3.63, 3.8) is 0 Å². The topological polar surface area (TPSA) is 38.8 Å². The van der Waals surface area contributed by atoms with Crippen molar-refractivity contribution in [3.8, 4) is 5.75 Å². The average molecular weight is 290 g/mol. The molecule has 0 amide bonds.